The molecule has 0 N–H and O–H groups in total. The van der Waals surface area contributed by atoms with Crippen LogP contribution in [-0.4, -0.2) is 30.3 Å². The van der Waals surface area contributed by atoms with E-state index < -0.39 is 0 Å². The van der Waals surface area contributed by atoms with Gasteiger partial charge in [0.05, 0.1) is 0 Å². The Hall–Kier alpha value is -1.15. The first kappa shape index (κ1) is 17.9. The van der Waals surface area contributed by atoms with Crippen LogP contribution >= 0.6 is 0 Å². The summed E-state index contributed by atoms with van der Waals surface area (Å²) in [5.74, 6) is 0.148. The van der Waals surface area contributed by atoms with Gasteiger partial charge in [-0.25, -0.2) is 0 Å². The zero-order chi connectivity index (χ0) is 15.9. The molecule has 0 aromatic rings. The van der Waals surface area contributed by atoms with Gasteiger partial charge in [0.25, 0.3) is 0 Å². The van der Waals surface area contributed by atoms with Crippen LogP contribution in [0.3, 0.4) is 0 Å². The number of hydrogen-bond acceptors (Lipinski definition) is 2. The van der Waals surface area contributed by atoms with Crippen LogP contribution in [0.1, 0.15) is 53.9 Å². The fourth-order valence-corrected chi connectivity index (χ4v) is 2.46. The molecule has 0 heterocycles. The smallest absolute Gasteiger partial charge is 0.180 e. The summed E-state index contributed by atoms with van der Waals surface area (Å²) in [6, 6.07) is 0. The lowest BCUT2D eigenvalue weighted by atomic mass is 9.87. The predicted octanol–water partition coefficient (Wildman–Crippen LogP) is 4.54. The molecular weight excluding hydrogens is 258 g/mol. The monoisotopic (exact) mass is 289 g/mol. The molecule has 0 unspecified atom stereocenters. The number of nitrogens with zero attached hydrogens (tertiary/aromatic N) is 1. The van der Waals surface area contributed by atoms with Crippen molar-refractivity contribution in [2.75, 3.05) is 19.6 Å². The van der Waals surface area contributed by atoms with Gasteiger partial charge >= 0.3 is 0 Å². The van der Waals surface area contributed by atoms with E-state index in [1.165, 1.54) is 5.57 Å². The van der Waals surface area contributed by atoms with Crippen LogP contribution in [0.2, 0.25) is 0 Å². The Morgan fingerprint density at radius 2 is 1.86 bits per heavy atom. The fourth-order valence-electron chi connectivity index (χ4n) is 2.46. The summed E-state index contributed by atoms with van der Waals surface area (Å²) in [5, 5.41) is 0. The Kier molecular flexibility index (Phi) is 7.10. The van der Waals surface area contributed by atoms with E-state index in [0.717, 1.165) is 44.5 Å². The van der Waals surface area contributed by atoms with Gasteiger partial charge in [-0.2, -0.15) is 0 Å². The molecule has 0 saturated heterocycles. The highest BCUT2D eigenvalue weighted by Gasteiger charge is 2.15. The Morgan fingerprint density at radius 3 is 2.48 bits per heavy atom. The normalized spacial score (nSPS) is 26.5. The third kappa shape index (κ3) is 6.43. The molecule has 0 saturated carbocycles. The second kappa shape index (κ2) is 8.33. The van der Waals surface area contributed by atoms with Crippen molar-refractivity contribution in [2.45, 2.75) is 53.9 Å². The van der Waals surface area contributed by atoms with E-state index in [1.54, 1.807) is 6.08 Å². The number of ketones is 1. The predicted molar refractivity (Wildman–Crippen MR) is 91.4 cm³/mol. The number of hydrogen-bond donors (Lipinski definition) is 0. The Bertz CT molecular complexity index is 436. The Balaban J connectivity index is 2.93. The topological polar surface area (TPSA) is 20.3 Å². The van der Waals surface area contributed by atoms with Gasteiger partial charge in [0.2, 0.25) is 0 Å². The van der Waals surface area contributed by atoms with Crippen molar-refractivity contribution in [2.24, 2.45) is 5.41 Å². The molecular formula is C19H31NO. The number of allylic oxidation sites excluding steroid dienone is 5. The van der Waals surface area contributed by atoms with Crippen molar-refractivity contribution >= 4 is 5.78 Å². The van der Waals surface area contributed by atoms with Gasteiger partial charge in [-0.15, -0.1) is 0 Å². The molecule has 0 aromatic carbocycles. The van der Waals surface area contributed by atoms with Crippen LogP contribution in [0.25, 0.3) is 0 Å². The molecule has 1 rings (SSSR count). The van der Waals surface area contributed by atoms with Crippen LogP contribution in [0.5, 0.6) is 0 Å². The van der Waals surface area contributed by atoms with Crippen LogP contribution < -0.4 is 0 Å². The molecule has 0 bridgehead atoms. The lowest BCUT2D eigenvalue weighted by molar-refractivity contribution is -0.111. The number of carbonyl (C=O) groups is 1. The molecule has 2 nitrogen and oxygen atoms in total. The van der Waals surface area contributed by atoms with Gasteiger partial charge in [0, 0.05) is 6.54 Å². The minimum Gasteiger partial charge on any atom is -0.300 e. The third-order valence-corrected chi connectivity index (χ3v) is 4.23. The average Bonchev–Trinajstić information content (AvgIpc) is 2.47. The average molecular weight is 289 g/mol. The third-order valence-electron chi connectivity index (χ3n) is 4.23. The lowest BCUT2D eigenvalue weighted by Gasteiger charge is -2.22. The first-order chi connectivity index (χ1) is 9.88. The highest BCUT2D eigenvalue weighted by Crippen LogP contribution is 2.25. The van der Waals surface area contributed by atoms with Crippen molar-refractivity contribution in [1.29, 1.82) is 0 Å². The van der Waals surface area contributed by atoms with E-state index in [0.29, 0.717) is 0 Å². The van der Waals surface area contributed by atoms with Crippen LogP contribution in [0, 0.1) is 5.41 Å². The molecule has 0 aromatic heterocycles. The molecule has 0 amide bonds. The maximum atomic E-state index is 12.0. The molecule has 2 heteroatoms. The highest BCUT2D eigenvalue weighted by molar-refractivity contribution is 6.03. The first-order valence-corrected chi connectivity index (χ1v) is 8.18. The molecule has 1 aliphatic rings. The quantitative estimate of drug-likeness (QED) is 0.708. The second-order valence-electron chi connectivity index (χ2n) is 6.64. The summed E-state index contributed by atoms with van der Waals surface area (Å²) in [6.07, 6.45) is 11.3. The van der Waals surface area contributed by atoms with Crippen molar-refractivity contribution in [3.05, 3.63) is 35.5 Å². The zero-order valence-electron chi connectivity index (χ0n) is 14.4. The Labute approximate surface area is 130 Å². The molecule has 0 atom stereocenters. The highest BCUT2D eigenvalue weighted by atomic mass is 16.1. The lowest BCUT2D eigenvalue weighted by Crippen LogP contribution is -2.25. The number of likely N-dealkylation sites (N-methyl/N-ethyl adjacent to an activating group) is 1. The van der Waals surface area contributed by atoms with Gasteiger partial charge in [0.15, 0.2) is 5.78 Å². The van der Waals surface area contributed by atoms with Crippen molar-refractivity contribution in [3.8, 4) is 0 Å². The maximum Gasteiger partial charge on any atom is 0.180 e. The minimum absolute atomic E-state index is 0.0365. The second-order valence-corrected chi connectivity index (χ2v) is 6.64. The van der Waals surface area contributed by atoms with E-state index in [2.05, 4.69) is 50.8 Å². The molecule has 21 heavy (non-hydrogen) atoms. The Morgan fingerprint density at radius 1 is 1.19 bits per heavy atom. The van der Waals surface area contributed by atoms with E-state index in [9.17, 15) is 4.79 Å². The molecule has 0 fully saturated rings. The fraction of sp³-hybridized carbons (Fsp3) is 0.632. The largest absolute Gasteiger partial charge is 0.300 e. The van der Waals surface area contributed by atoms with E-state index in [1.807, 2.05) is 6.92 Å². The summed E-state index contributed by atoms with van der Waals surface area (Å²) in [7, 11) is 0. The van der Waals surface area contributed by atoms with Crippen LogP contribution in [0.4, 0.5) is 0 Å². The van der Waals surface area contributed by atoms with Gasteiger partial charge in [-0.05, 0) is 56.3 Å². The molecule has 0 radical (unpaired) electrons. The molecule has 0 spiro atoms. The van der Waals surface area contributed by atoms with E-state index >= 15 is 0 Å². The maximum absolute atomic E-state index is 12.0. The van der Waals surface area contributed by atoms with Crippen molar-refractivity contribution < 1.29 is 4.79 Å². The van der Waals surface area contributed by atoms with Crippen LogP contribution in [0.15, 0.2) is 35.5 Å². The van der Waals surface area contributed by atoms with Gasteiger partial charge < -0.3 is 0 Å². The summed E-state index contributed by atoms with van der Waals surface area (Å²) in [4.78, 5) is 14.5. The van der Waals surface area contributed by atoms with E-state index in [-0.39, 0.29) is 11.2 Å². The van der Waals surface area contributed by atoms with Crippen molar-refractivity contribution in [3.63, 3.8) is 0 Å². The molecule has 1 aliphatic carbocycles. The van der Waals surface area contributed by atoms with E-state index in [4.69, 9.17) is 0 Å². The summed E-state index contributed by atoms with van der Waals surface area (Å²) in [6.45, 7) is 14.0. The van der Waals surface area contributed by atoms with Crippen molar-refractivity contribution in [1.82, 2.24) is 4.90 Å². The van der Waals surface area contributed by atoms with Gasteiger partial charge in [-0.1, -0.05) is 51.5 Å². The SMILES string of the molecule is CCN(CC)C/C1=C/CC(C)(C)/C=C\C(=O)/C(C)=C\CC1. The minimum atomic E-state index is 0.0365. The first-order valence-electron chi connectivity index (χ1n) is 8.18. The summed E-state index contributed by atoms with van der Waals surface area (Å²) in [5.41, 5.74) is 2.40. The number of carbonyl (C=O) groups excluding carboxylic acids is 1. The van der Waals surface area contributed by atoms with Gasteiger partial charge in [-0.3, -0.25) is 9.69 Å². The summed E-state index contributed by atoms with van der Waals surface area (Å²) >= 11 is 0. The zero-order valence-corrected chi connectivity index (χ0v) is 14.4. The van der Waals surface area contributed by atoms with Crippen LogP contribution in [-0.2, 0) is 4.79 Å². The summed E-state index contributed by atoms with van der Waals surface area (Å²) < 4.78 is 0. The molecule has 0 aliphatic heterocycles. The standard InChI is InChI=1S/C19H31NO/c1-6-20(7-2)15-17-10-8-9-16(3)18(21)12-14-19(4,5)13-11-17/h9,11-12,14H,6-8,10,13,15H2,1-5H3/b14-12-,16-9-,17-11+. The van der Waals surface area contributed by atoms with Gasteiger partial charge in [0.1, 0.15) is 0 Å². The molecule has 118 valence electrons. The number of rotatable bonds is 4.